The van der Waals surface area contributed by atoms with Crippen molar-refractivity contribution in [2.24, 2.45) is 5.10 Å². The summed E-state index contributed by atoms with van der Waals surface area (Å²) in [6.07, 6.45) is -0.0103. The van der Waals surface area contributed by atoms with Crippen LogP contribution >= 0.6 is 22.9 Å². The first-order valence-electron chi connectivity index (χ1n) is 9.25. The number of carbonyl (C=O) groups is 2. The Morgan fingerprint density at radius 3 is 2.50 bits per heavy atom. The lowest BCUT2D eigenvalue weighted by molar-refractivity contribution is -0.136. The van der Waals surface area contributed by atoms with Gasteiger partial charge in [0.05, 0.1) is 27.6 Å². The first kappa shape index (κ1) is 23.5. The molecule has 0 saturated carbocycles. The van der Waals surface area contributed by atoms with E-state index in [-0.39, 0.29) is 29.0 Å². The standard InChI is InChI=1S/C21H18ClN3O5S2/c22-15-5-2-6-16(13-15)25-32(29,30)17-7-1-4-14(12-17)21(28)24-23-18(9-10-20(26)27)19-8-3-11-31-19/h1-8,11-13,25H,9-10H2,(H,24,28)(H,26,27)/b23-18+. The molecule has 0 aliphatic heterocycles. The number of sulfonamides is 1. The molecule has 3 N–H and O–H groups in total. The molecule has 8 nitrogen and oxygen atoms in total. The van der Waals surface area contributed by atoms with E-state index in [0.29, 0.717) is 10.7 Å². The molecule has 166 valence electrons. The Bertz CT molecular complexity index is 1260. The van der Waals surface area contributed by atoms with Crippen LogP contribution in [0.1, 0.15) is 28.1 Å². The Balaban J connectivity index is 1.78. The minimum absolute atomic E-state index is 0.0754. The predicted molar refractivity (Wildman–Crippen MR) is 124 cm³/mol. The summed E-state index contributed by atoms with van der Waals surface area (Å²) in [6, 6.07) is 15.3. The fourth-order valence-corrected chi connectivity index (χ4v) is 4.69. The summed E-state index contributed by atoms with van der Waals surface area (Å²) in [7, 11) is -3.96. The third-order valence-electron chi connectivity index (χ3n) is 4.16. The number of halogens is 1. The second kappa shape index (κ2) is 10.4. The summed E-state index contributed by atoms with van der Waals surface area (Å²) in [5, 5.41) is 15.2. The monoisotopic (exact) mass is 491 g/mol. The fraction of sp³-hybridized carbons (Fsp3) is 0.0952. The smallest absolute Gasteiger partial charge is 0.303 e. The summed E-state index contributed by atoms with van der Waals surface area (Å²) < 4.78 is 27.8. The van der Waals surface area contributed by atoms with Crippen molar-refractivity contribution < 1.29 is 23.1 Å². The maximum absolute atomic E-state index is 12.7. The number of nitrogens with zero attached hydrogens (tertiary/aromatic N) is 1. The van der Waals surface area contributed by atoms with Crippen molar-refractivity contribution in [2.75, 3.05) is 4.72 Å². The summed E-state index contributed by atoms with van der Waals surface area (Å²) >= 11 is 7.26. The van der Waals surface area contributed by atoms with Gasteiger partial charge in [-0.2, -0.15) is 5.10 Å². The lowest BCUT2D eigenvalue weighted by Crippen LogP contribution is -2.21. The van der Waals surface area contributed by atoms with Crippen LogP contribution in [0.5, 0.6) is 0 Å². The summed E-state index contributed by atoms with van der Waals surface area (Å²) in [4.78, 5) is 24.1. The number of rotatable bonds is 9. The molecule has 0 spiro atoms. The van der Waals surface area contributed by atoms with Crippen molar-refractivity contribution >= 4 is 56.2 Å². The van der Waals surface area contributed by atoms with Crippen LogP contribution < -0.4 is 10.1 Å². The average molecular weight is 492 g/mol. The highest BCUT2D eigenvalue weighted by Gasteiger charge is 2.17. The van der Waals surface area contributed by atoms with Gasteiger partial charge in [-0.1, -0.05) is 29.8 Å². The van der Waals surface area contributed by atoms with Crippen molar-refractivity contribution in [2.45, 2.75) is 17.7 Å². The molecule has 1 amide bonds. The van der Waals surface area contributed by atoms with Crippen molar-refractivity contribution in [3.63, 3.8) is 0 Å². The van der Waals surface area contributed by atoms with Gasteiger partial charge in [-0.3, -0.25) is 14.3 Å². The Labute approximate surface area is 193 Å². The van der Waals surface area contributed by atoms with E-state index in [1.54, 1.807) is 30.3 Å². The number of carbonyl (C=O) groups excluding carboxylic acids is 1. The number of thiophene rings is 1. The molecule has 1 aromatic heterocycles. The molecule has 0 radical (unpaired) electrons. The van der Waals surface area contributed by atoms with Crippen molar-refractivity contribution in [3.05, 3.63) is 81.5 Å². The number of hydrogen-bond acceptors (Lipinski definition) is 6. The molecule has 0 saturated heterocycles. The third-order valence-corrected chi connectivity index (χ3v) is 6.69. The molecule has 0 aliphatic rings. The quantitative estimate of drug-likeness (QED) is 0.305. The third kappa shape index (κ3) is 6.39. The predicted octanol–water partition coefficient (Wildman–Crippen LogP) is 4.20. The average Bonchev–Trinajstić information content (AvgIpc) is 3.28. The van der Waals surface area contributed by atoms with Crippen molar-refractivity contribution in [1.82, 2.24) is 5.43 Å². The van der Waals surface area contributed by atoms with Crippen molar-refractivity contribution in [3.8, 4) is 0 Å². The van der Waals surface area contributed by atoms with Gasteiger partial charge in [0.1, 0.15) is 0 Å². The van der Waals surface area contributed by atoms with Crippen molar-refractivity contribution in [1.29, 1.82) is 0 Å². The number of carboxylic acid groups (broad SMARTS) is 1. The minimum atomic E-state index is -3.96. The molecule has 11 heteroatoms. The maximum atomic E-state index is 12.7. The normalized spacial score (nSPS) is 11.7. The van der Waals surface area contributed by atoms with E-state index < -0.39 is 21.9 Å². The van der Waals surface area contributed by atoms with E-state index in [0.717, 1.165) is 4.88 Å². The fourth-order valence-electron chi connectivity index (χ4n) is 2.66. The lowest BCUT2D eigenvalue weighted by atomic mass is 10.2. The van der Waals surface area contributed by atoms with Gasteiger partial charge in [0.25, 0.3) is 15.9 Å². The summed E-state index contributed by atoms with van der Waals surface area (Å²) in [5.74, 6) is -1.61. The minimum Gasteiger partial charge on any atom is -0.481 e. The first-order chi connectivity index (χ1) is 15.2. The zero-order chi connectivity index (χ0) is 23.1. The second-order valence-electron chi connectivity index (χ2n) is 6.51. The Morgan fingerprint density at radius 1 is 1.03 bits per heavy atom. The topological polar surface area (TPSA) is 125 Å². The summed E-state index contributed by atoms with van der Waals surface area (Å²) in [6.45, 7) is 0. The van der Waals surface area contributed by atoms with Gasteiger partial charge in [0.2, 0.25) is 0 Å². The van der Waals surface area contributed by atoms with Gasteiger partial charge in [0, 0.05) is 17.0 Å². The van der Waals surface area contributed by atoms with Crippen LogP contribution in [0.15, 0.2) is 76.0 Å². The molecule has 0 bridgehead atoms. The molecule has 32 heavy (non-hydrogen) atoms. The van der Waals surface area contributed by atoms with Crippen LogP contribution in [0.2, 0.25) is 5.02 Å². The number of hydrogen-bond donors (Lipinski definition) is 3. The van der Waals surface area contributed by atoms with E-state index in [4.69, 9.17) is 16.7 Å². The highest BCUT2D eigenvalue weighted by molar-refractivity contribution is 7.92. The second-order valence-corrected chi connectivity index (χ2v) is 9.58. The van der Waals surface area contributed by atoms with Gasteiger partial charge >= 0.3 is 5.97 Å². The van der Waals surface area contributed by atoms with E-state index in [1.807, 2.05) is 5.38 Å². The zero-order valence-electron chi connectivity index (χ0n) is 16.5. The number of amides is 1. The maximum Gasteiger partial charge on any atom is 0.303 e. The van der Waals surface area contributed by atoms with Crippen LogP contribution in [0.25, 0.3) is 0 Å². The van der Waals surface area contributed by atoms with Gasteiger partial charge in [-0.25, -0.2) is 13.8 Å². The Kier molecular flexibility index (Phi) is 7.62. The molecule has 2 aromatic carbocycles. The van der Waals surface area contributed by atoms with E-state index >= 15 is 0 Å². The number of hydrazone groups is 1. The number of nitrogens with one attached hydrogen (secondary N) is 2. The van der Waals surface area contributed by atoms with E-state index in [1.165, 1.54) is 41.7 Å². The van der Waals surface area contributed by atoms with Gasteiger partial charge in [-0.15, -0.1) is 11.3 Å². The lowest BCUT2D eigenvalue weighted by Gasteiger charge is -2.10. The Morgan fingerprint density at radius 2 is 1.81 bits per heavy atom. The van der Waals surface area contributed by atoms with Gasteiger partial charge < -0.3 is 5.11 Å². The van der Waals surface area contributed by atoms with Gasteiger partial charge in [0.15, 0.2) is 0 Å². The zero-order valence-corrected chi connectivity index (χ0v) is 18.9. The number of carboxylic acids is 1. The van der Waals surface area contributed by atoms with Crippen LogP contribution in [-0.4, -0.2) is 31.1 Å². The molecule has 3 aromatic rings. The molecule has 0 aliphatic carbocycles. The highest BCUT2D eigenvalue weighted by atomic mass is 35.5. The van der Waals surface area contributed by atoms with Crippen LogP contribution in [0, 0.1) is 0 Å². The van der Waals surface area contributed by atoms with Crippen LogP contribution in [0.3, 0.4) is 0 Å². The molecular formula is C21H18ClN3O5S2. The van der Waals surface area contributed by atoms with Gasteiger partial charge in [-0.05, 0) is 47.8 Å². The molecule has 0 fully saturated rings. The van der Waals surface area contributed by atoms with E-state index in [9.17, 15) is 18.0 Å². The summed E-state index contributed by atoms with van der Waals surface area (Å²) in [5.41, 5.74) is 3.16. The molecule has 0 atom stereocenters. The highest BCUT2D eigenvalue weighted by Crippen LogP contribution is 2.20. The molecular weight excluding hydrogens is 474 g/mol. The Hall–Kier alpha value is -3.21. The first-order valence-corrected chi connectivity index (χ1v) is 12.0. The number of benzene rings is 2. The number of anilines is 1. The van der Waals surface area contributed by atoms with E-state index in [2.05, 4.69) is 15.2 Å². The molecule has 1 heterocycles. The van der Waals surface area contributed by atoms with Crippen LogP contribution in [-0.2, 0) is 14.8 Å². The van der Waals surface area contributed by atoms with Crippen LogP contribution in [0.4, 0.5) is 5.69 Å². The SMILES string of the molecule is O=C(O)CC/C(=N\NC(=O)c1cccc(S(=O)(=O)Nc2cccc(Cl)c2)c1)c1cccs1. The number of aliphatic carboxylic acids is 1. The largest absolute Gasteiger partial charge is 0.481 e. The molecule has 3 rings (SSSR count). The molecule has 0 unspecified atom stereocenters.